The Morgan fingerprint density at radius 3 is 2.67 bits per heavy atom. The number of aromatic hydroxyl groups is 1. The van der Waals surface area contributed by atoms with E-state index in [0.29, 0.717) is 12.2 Å². The first-order chi connectivity index (χ1) is 8.65. The Kier molecular flexibility index (Phi) is 3.51. The van der Waals surface area contributed by atoms with E-state index in [0.717, 1.165) is 22.8 Å². The van der Waals surface area contributed by atoms with Crippen LogP contribution in [0.3, 0.4) is 0 Å². The number of ether oxygens (including phenoxy) is 1. The van der Waals surface area contributed by atoms with Crippen LogP contribution in [0.4, 0.5) is 0 Å². The Bertz CT molecular complexity index is 588. The van der Waals surface area contributed by atoms with Gasteiger partial charge >= 0.3 is 5.97 Å². The third-order valence-electron chi connectivity index (χ3n) is 2.92. The zero-order valence-electron chi connectivity index (χ0n) is 10.6. The van der Waals surface area contributed by atoms with Crippen LogP contribution >= 0.6 is 0 Å². The third kappa shape index (κ3) is 2.30. The van der Waals surface area contributed by atoms with Crippen LogP contribution < -0.4 is 0 Å². The highest BCUT2D eigenvalue weighted by molar-refractivity contribution is 5.98. The van der Waals surface area contributed by atoms with Gasteiger partial charge in [-0.25, -0.2) is 4.79 Å². The molecule has 0 aromatic heterocycles. The van der Waals surface area contributed by atoms with Crippen molar-refractivity contribution in [1.29, 1.82) is 0 Å². The van der Waals surface area contributed by atoms with E-state index in [4.69, 9.17) is 4.74 Å². The molecule has 0 spiro atoms. The summed E-state index contributed by atoms with van der Waals surface area (Å²) >= 11 is 0. The molecule has 3 nitrogen and oxygen atoms in total. The van der Waals surface area contributed by atoms with Gasteiger partial charge in [-0.2, -0.15) is 0 Å². The van der Waals surface area contributed by atoms with E-state index in [-0.39, 0.29) is 5.75 Å². The van der Waals surface area contributed by atoms with Crippen LogP contribution in [0, 0.1) is 0 Å². The molecule has 0 amide bonds. The maximum absolute atomic E-state index is 11.6. The number of aryl methyl sites for hydroxylation is 1. The minimum atomic E-state index is -0.408. The molecular weight excluding hydrogens is 228 g/mol. The van der Waals surface area contributed by atoms with Gasteiger partial charge in [-0.1, -0.05) is 19.1 Å². The van der Waals surface area contributed by atoms with E-state index in [1.807, 2.05) is 18.2 Å². The zero-order valence-corrected chi connectivity index (χ0v) is 10.6. The second-order valence-electron chi connectivity index (χ2n) is 4.12. The largest absolute Gasteiger partial charge is 0.507 e. The van der Waals surface area contributed by atoms with Crippen molar-refractivity contribution in [2.45, 2.75) is 20.3 Å². The molecule has 0 aliphatic carbocycles. The third-order valence-corrected chi connectivity index (χ3v) is 2.92. The van der Waals surface area contributed by atoms with Gasteiger partial charge in [0.15, 0.2) is 0 Å². The molecule has 2 aromatic rings. The Morgan fingerprint density at radius 2 is 2.00 bits per heavy atom. The summed E-state index contributed by atoms with van der Waals surface area (Å²) in [7, 11) is 0. The average Bonchev–Trinajstić information content (AvgIpc) is 2.38. The van der Waals surface area contributed by atoms with E-state index in [9.17, 15) is 9.90 Å². The topological polar surface area (TPSA) is 46.5 Å². The highest BCUT2D eigenvalue weighted by Crippen LogP contribution is 2.28. The summed E-state index contributed by atoms with van der Waals surface area (Å²) in [6, 6.07) is 9.05. The molecule has 0 bridgehead atoms. The lowest BCUT2D eigenvalue weighted by Crippen LogP contribution is -2.04. The first kappa shape index (κ1) is 12.4. The Morgan fingerprint density at radius 1 is 1.22 bits per heavy atom. The van der Waals surface area contributed by atoms with Crippen LogP contribution in [0.2, 0.25) is 0 Å². The average molecular weight is 244 g/mol. The lowest BCUT2D eigenvalue weighted by atomic mass is 10.0. The van der Waals surface area contributed by atoms with E-state index in [2.05, 4.69) is 6.92 Å². The van der Waals surface area contributed by atoms with Gasteiger partial charge in [-0.3, -0.25) is 0 Å². The fraction of sp³-hybridized carbons (Fsp3) is 0.267. The molecule has 0 heterocycles. The maximum Gasteiger partial charge on any atom is 0.338 e. The molecule has 2 rings (SSSR count). The molecule has 0 aliphatic rings. The number of carbonyl (C=O) groups is 1. The molecule has 0 radical (unpaired) electrons. The minimum absolute atomic E-state index is 0.117. The van der Waals surface area contributed by atoms with Gasteiger partial charge in [0.1, 0.15) is 5.75 Å². The normalized spacial score (nSPS) is 10.6. The highest BCUT2D eigenvalue weighted by Gasteiger charge is 2.10. The molecule has 0 saturated carbocycles. The molecule has 3 heteroatoms. The Labute approximate surface area is 106 Å². The number of esters is 1. The first-order valence-corrected chi connectivity index (χ1v) is 6.08. The fourth-order valence-corrected chi connectivity index (χ4v) is 1.94. The van der Waals surface area contributed by atoms with Crippen molar-refractivity contribution >= 4 is 16.7 Å². The van der Waals surface area contributed by atoms with Gasteiger partial charge in [0, 0.05) is 5.39 Å². The van der Waals surface area contributed by atoms with Crippen LogP contribution in [0.25, 0.3) is 10.8 Å². The summed E-state index contributed by atoms with van der Waals surface area (Å²) in [5.74, 6) is -0.292. The van der Waals surface area contributed by atoms with Crippen molar-refractivity contribution in [2.75, 3.05) is 6.61 Å². The van der Waals surface area contributed by atoms with Gasteiger partial charge in [0.25, 0.3) is 0 Å². The second-order valence-corrected chi connectivity index (χ2v) is 4.12. The predicted octanol–water partition coefficient (Wildman–Crippen LogP) is 3.28. The molecule has 1 N–H and O–H groups in total. The Hall–Kier alpha value is -2.03. The van der Waals surface area contributed by atoms with Gasteiger partial charge in [-0.05, 0) is 42.5 Å². The summed E-state index contributed by atoms with van der Waals surface area (Å²) in [6.45, 7) is 4.14. The second kappa shape index (κ2) is 5.08. The van der Waals surface area contributed by atoms with E-state index >= 15 is 0 Å². The molecule has 94 valence electrons. The SMILES string of the molecule is CCOC(=O)c1cc(O)c2cc(CC)ccc2c1. The molecule has 2 aromatic carbocycles. The van der Waals surface area contributed by atoms with Gasteiger partial charge in [-0.15, -0.1) is 0 Å². The standard InChI is InChI=1S/C15H16O3/c1-3-10-5-6-11-8-12(15(17)18-4-2)9-14(16)13(11)7-10/h5-9,16H,3-4H2,1-2H3. The number of benzene rings is 2. The summed E-state index contributed by atoms with van der Waals surface area (Å²) in [4.78, 5) is 11.6. The number of phenols is 1. The molecule has 0 saturated heterocycles. The number of hydrogen-bond acceptors (Lipinski definition) is 3. The van der Waals surface area contributed by atoms with Crippen LogP contribution in [0.15, 0.2) is 30.3 Å². The zero-order chi connectivity index (χ0) is 13.1. The lowest BCUT2D eigenvalue weighted by Gasteiger charge is -2.07. The Balaban J connectivity index is 2.53. The van der Waals surface area contributed by atoms with E-state index in [1.165, 1.54) is 6.07 Å². The quantitative estimate of drug-likeness (QED) is 0.843. The molecule has 0 atom stereocenters. The maximum atomic E-state index is 11.6. The fourth-order valence-electron chi connectivity index (χ4n) is 1.94. The van der Waals surface area contributed by atoms with Crippen molar-refractivity contribution in [3.05, 3.63) is 41.5 Å². The summed E-state index contributed by atoms with van der Waals surface area (Å²) in [6.07, 6.45) is 0.912. The van der Waals surface area contributed by atoms with Crippen molar-refractivity contribution in [2.24, 2.45) is 0 Å². The monoisotopic (exact) mass is 244 g/mol. The molecule has 18 heavy (non-hydrogen) atoms. The van der Waals surface area contributed by atoms with E-state index < -0.39 is 5.97 Å². The van der Waals surface area contributed by atoms with Gasteiger partial charge < -0.3 is 9.84 Å². The van der Waals surface area contributed by atoms with Crippen LogP contribution in [0.5, 0.6) is 5.75 Å². The predicted molar refractivity (Wildman–Crippen MR) is 70.9 cm³/mol. The number of carbonyl (C=O) groups excluding carboxylic acids is 1. The number of fused-ring (bicyclic) bond motifs is 1. The van der Waals surface area contributed by atoms with Crippen LogP contribution in [-0.4, -0.2) is 17.7 Å². The van der Waals surface area contributed by atoms with Crippen LogP contribution in [0.1, 0.15) is 29.8 Å². The van der Waals surface area contributed by atoms with E-state index in [1.54, 1.807) is 13.0 Å². The number of rotatable bonds is 3. The summed E-state index contributed by atoms with van der Waals surface area (Å²) in [5, 5.41) is 11.6. The smallest absolute Gasteiger partial charge is 0.338 e. The van der Waals surface area contributed by atoms with Gasteiger partial charge in [0.2, 0.25) is 0 Å². The van der Waals surface area contributed by atoms with Crippen molar-refractivity contribution in [3.63, 3.8) is 0 Å². The summed E-state index contributed by atoms with van der Waals surface area (Å²) in [5.41, 5.74) is 1.53. The highest BCUT2D eigenvalue weighted by atomic mass is 16.5. The minimum Gasteiger partial charge on any atom is -0.507 e. The molecular formula is C15H16O3. The van der Waals surface area contributed by atoms with Crippen molar-refractivity contribution in [1.82, 2.24) is 0 Å². The van der Waals surface area contributed by atoms with Crippen LogP contribution in [-0.2, 0) is 11.2 Å². The molecule has 0 aliphatic heterocycles. The molecule has 0 unspecified atom stereocenters. The lowest BCUT2D eigenvalue weighted by molar-refractivity contribution is 0.0526. The number of hydrogen-bond donors (Lipinski definition) is 1. The molecule has 0 fully saturated rings. The van der Waals surface area contributed by atoms with Gasteiger partial charge in [0.05, 0.1) is 12.2 Å². The first-order valence-electron chi connectivity index (χ1n) is 6.08. The summed E-state index contributed by atoms with van der Waals surface area (Å²) < 4.78 is 4.93. The number of phenolic OH excluding ortho intramolecular Hbond substituents is 1. The van der Waals surface area contributed by atoms with Crippen molar-refractivity contribution in [3.8, 4) is 5.75 Å². The van der Waals surface area contributed by atoms with Crippen molar-refractivity contribution < 1.29 is 14.6 Å².